The number of benzene rings is 1. The second-order valence-electron chi connectivity index (χ2n) is 7.22. The van der Waals surface area contributed by atoms with Crippen molar-refractivity contribution in [3.8, 4) is 0 Å². The lowest BCUT2D eigenvalue weighted by Gasteiger charge is -2.37. The Balaban J connectivity index is 1.38. The first-order chi connectivity index (χ1) is 10.8. The molecule has 3 fully saturated rings. The van der Waals surface area contributed by atoms with E-state index in [9.17, 15) is 9.59 Å². The number of hydrogen-bond donors (Lipinski definition) is 0. The van der Waals surface area contributed by atoms with Gasteiger partial charge in [-0.1, -0.05) is 42.5 Å². The van der Waals surface area contributed by atoms with Crippen LogP contribution in [0.15, 0.2) is 42.5 Å². The lowest BCUT2D eigenvalue weighted by atomic mass is 9.63. The molecule has 6 atom stereocenters. The Bertz CT molecular complexity index is 644. The number of likely N-dealkylation sites (tertiary alicyclic amines) is 1. The number of carbonyl (C=O) groups is 2. The number of carbonyl (C=O) groups excluding carboxylic acids is 2. The predicted octanol–water partition coefficient (Wildman–Crippen LogP) is 2.28. The first-order valence-corrected chi connectivity index (χ1v) is 8.33. The van der Waals surface area contributed by atoms with Crippen LogP contribution in [0.5, 0.6) is 0 Å². The lowest BCUT2D eigenvalue weighted by Crippen LogP contribution is -2.40. The minimum absolute atomic E-state index is 0.0537. The normalized spacial score (nSPS) is 40.8. The Morgan fingerprint density at radius 3 is 2.09 bits per heavy atom. The average molecular weight is 293 g/mol. The molecule has 2 amide bonds. The van der Waals surface area contributed by atoms with Gasteiger partial charge in [-0.15, -0.1) is 0 Å². The summed E-state index contributed by atoms with van der Waals surface area (Å²) in [7, 11) is 0. The Labute approximate surface area is 130 Å². The van der Waals surface area contributed by atoms with Crippen molar-refractivity contribution in [3.05, 3.63) is 48.0 Å². The van der Waals surface area contributed by atoms with E-state index in [1.807, 2.05) is 18.2 Å². The Hall–Kier alpha value is -1.90. The Kier molecular flexibility index (Phi) is 2.47. The number of amides is 2. The van der Waals surface area contributed by atoms with Gasteiger partial charge in [-0.25, -0.2) is 0 Å². The molecular weight excluding hydrogens is 274 g/mol. The summed E-state index contributed by atoms with van der Waals surface area (Å²) in [6.07, 6.45) is 6.44. The smallest absolute Gasteiger partial charge is 0.233 e. The Morgan fingerprint density at radius 2 is 1.50 bits per heavy atom. The third kappa shape index (κ3) is 1.57. The molecule has 1 aromatic rings. The van der Waals surface area contributed by atoms with Crippen LogP contribution >= 0.6 is 0 Å². The van der Waals surface area contributed by atoms with Crippen molar-refractivity contribution in [2.24, 2.45) is 35.5 Å². The fraction of sp³-hybridized carbons (Fsp3) is 0.474. The van der Waals surface area contributed by atoms with E-state index in [0.29, 0.717) is 30.2 Å². The van der Waals surface area contributed by atoms with E-state index in [1.165, 1.54) is 12.0 Å². The van der Waals surface area contributed by atoms with E-state index in [-0.39, 0.29) is 23.7 Å². The highest BCUT2D eigenvalue weighted by molar-refractivity contribution is 6.06. The molecule has 0 spiro atoms. The number of allylic oxidation sites excluding steroid dienone is 2. The van der Waals surface area contributed by atoms with Crippen LogP contribution in [0.4, 0.5) is 0 Å². The summed E-state index contributed by atoms with van der Waals surface area (Å²) < 4.78 is 0. The molecule has 6 rings (SSSR count). The maximum absolute atomic E-state index is 12.8. The van der Waals surface area contributed by atoms with E-state index in [1.54, 1.807) is 4.90 Å². The monoisotopic (exact) mass is 293 g/mol. The fourth-order valence-electron chi connectivity index (χ4n) is 5.12. The molecule has 1 saturated heterocycles. The van der Waals surface area contributed by atoms with Crippen LogP contribution < -0.4 is 0 Å². The zero-order valence-electron chi connectivity index (χ0n) is 12.4. The molecule has 22 heavy (non-hydrogen) atoms. The highest BCUT2D eigenvalue weighted by atomic mass is 16.2. The third-order valence-corrected chi connectivity index (χ3v) is 6.22. The van der Waals surface area contributed by atoms with Gasteiger partial charge in [0, 0.05) is 6.54 Å². The molecule has 112 valence electrons. The van der Waals surface area contributed by atoms with Gasteiger partial charge in [-0.2, -0.15) is 0 Å². The van der Waals surface area contributed by atoms with E-state index in [0.717, 1.165) is 6.42 Å². The lowest BCUT2D eigenvalue weighted by molar-refractivity contribution is -0.140. The standard InChI is InChI=1S/C19H19NO2/c21-18-16-12-6-7-13(15-10-14(12)15)17(16)19(22)20(18)9-8-11-4-2-1-3-5-11/h1-7,12-17H,8-10H2/t12-,13-,14-,15+,16-,17+/m0/s1. The second kappa shape index (κ2) is 4.31. The van der Waals surface area contributed by atoms with E-state index in [4.69, 9.17) is 0 Å². The van der Waals surface area contributed by atoms with Crippen molar-refractivity contribution in [1.29, 1.82) is 0 Å². The van der Waals surface area contributed by atoms with Crippen LogP contribution in [-0.2, 0) is 16.0 Å². The summed E-state index contributed by atoms with van der Waals surface area (Å²) in [6, 6.07) is 10.1. The molecule has 3 heteroatoms. The summed E-state index contributed by atoms with van der Waals surface area (Å²) in [6.45, 7) is 0.531. The molecule has 2 bridgehead atoms. The fourth-order valence-corrected chi connectivity index (χ4v) is 5.12. The maximum atomic E-state index is 12.8. The zero-order chi connectivity index (χ0) is 14.8. The maximum Gasteiger partial charge on any atom is 0.233 e. The highest BCUT2D eigenvalue weighted by Crippen LogP contribution is 2.65. The minimum Gasteiger partial charge on any atom is -0.282 e. The van der Waals surface area contributed by atoms with E-state index < -0.39 is 0 Å². The van der Waals surface area contributed by atoms with Gasteiger partial charge in [0.15, 0.2) is 0 Å². The first-order valence-electron chi connectivity index (χ1n) is 8.33. The third-order valence-electron chi connectivity index (χ3n) is 6.22. The molecule has 1 aliphatic heterocycles. The van der Waals surface area contributed by atoms with Crippen molar-refractivity contribution in [3.63, 3.8) is 0 Å². The van der Waals surface area contributed by atoms with Gasteiger partial charge in [-0.05, 0) is 42.1 Å². The minimum atomic E-state index is -0.0537. The zero-order valence-corrected chi connectivity index (χ0v) is 12.4. The number of rotatable bonds is 3. The van der Waals surface area contributed by atoms with Gasteiger partial charge < -0.3 is 0 Å². The van der Waals surface area contributed by atoms with Crippen molar-refractivity contribution in [2.75, 3.05) is 6.54 Å². The summed E-state index contributed by atoms with van der Waals surface area (Å²) in [5.41, 5.74) is 1.18. The van der Waals surface area contributed by atoms with E-state index in [2.05, 4.69) is 24.3 Å². The summed E-state index contributed by atoms with van der Waals surface area (Å²) in [5, 5.41) is 0. The first kappa shape index (κ1) is 12.6. The molecule has 5 aliphatic rings. The van der Waals surface area contributed by atoms with Gasteiger partial charge in [0.05, 0.1) is 11.8 Å². The van der Waals surface area contributed by atoms with Crippen LogP contribution in [0.2, 0.25) is 0 Å². The van der Waals surface area contributed by atoms with Gasteiger partial charge in [-0.3, -0.25) is 14.5 Å². The second-order valence-corrected chi connectivity index (χ2v) is 7.22. The quantitative estimate of drug-likeness (QED) is 0.633. The van der Waals surface area contributed by atoms with Gasteiger partial charge in [0.1, 0.15) is 0 Å². The SMILES string of the molecule is O=C1[C@@H]2[C@H]3C=C[C@@H]([C@@H]4C[C@H]34)[C@@H]2C(=O)N1CCc1ccccc1. The Morgan fingerprint density at radius 1 is 0.909 bits per heavy atom. The molecular formula is C19H19NO2. The van der Waals surface area contributed by atoms with Gasteiger partial charge in [0.2, 0.25) is 11.8 Å². The topological polar surface area (TPSA) is 37.4 Å². The van der Waals surface area contributed by atoms with E-state index >= 15 is 0 Å². The van der Waals surface area contributed by atoms with Crippen LogP contribution in [0, 0.1) is 35.5 Å². The largest absolute Gasteiger partial charge is 0.282 e. The number of hydrogen-bond acceptors (Lipinski definition) is 2. The molecule has 0 aromatic heterocycles. The average Bonchev–Trinajstić information content (AvgIpc) is 3.33. The summed E-state index contributed by atoms with van der Waals surface area (Å²) >= 11 is 0. The summed E-state index contributed by atoms with van der Waals surface area (Å²) in [5.74, 6) is 2.11. The molecule has 0 unspecified atom stereocenters. The number of imide groups is 1. The van der Waals surface area contributed by atoms with Crippen molar-refractivity contribution < 1.29 is 9.59 Å². The van der Waals surface area contributed by atoms with Crippen molar-refractivity contribution >= 4 is 11.8 Å². The molecule has 1 aromatic carbocycles. The molecule has 4 aliphatic carbocycles. The van der Waals surface area contributed by atoms with Gasteiger partial charge >= 0.3 is 0 Å². The number of nitrogens with zero attached hydrogens (tertiary/aromatic N) is 1. The molecule has 0 radical (unpaired) electrons. The van der Waals surface area contributed by atoms with Crippen LogP contribution in [0.3, 0.4) is 0 Å². The highest BCUT2D eigenvalue weighted by Gasteiger charge is 2.66. The van der Waals surface area contributed by atoms with Crippen LogP contribution in [0.1, 0.15) is 12.0 Å². The summed E-state index contributed by atoms with van der Waals surface area (Å²) in [4.78, 5) is 27.1. The molecule has 2 saturated carbocycles. The van der Waals surface area contributed by atoms with Gasteiger partial charge in [0.25, 0.3) is 0 Å². The molecule has 3 nitrogen and oxygen atoms in total. The van der Waals surface area contributed by atoms with Crippen LogP contribution in [0.25, 0.3) is 0 Å². The molecule has 0 N–H and O–H groups in total. The van der Waals surface area contributed by atoms with Crippen LogP contribution in [-0.4, -0.2) is 23.3 Å². The van der Waals surface area contributed by atoms with Crippen molar-refractivity contribution in [1.82, 2.24) is 4.90 Å². The predicted molar refractivity (Wildman–Crippen MR) is 81.6 cm³/mol. The molecule has 1 heterocycles. The van der Waals surface area contributed by atoms with Crippen molar-refractivity contribution in [2.45, 2.75) is 12.8 Å².